The summed E-state index contributed by atoms with van der Waals surface area (Å²) in [6.07, 6.45) is -4.42. The van der Waals surface area contributed by atoms with Gasteiger partial charge < -0.3 is 15.3 Å². The molecule has 1 aromatic carbocycles. The van der Waals surface area contributed by atoms with Crippen LogP contribution in [0, 0.1) is 0 Å². The lowest BCUT2D eigenvalue weighted by Gasteiger charge is -2.10. The van der Waals surface area contributed by atoms with Crippen LogP contribution in [-0.2, 0) is 11.0 Å². The van der Waals surface area contributed by atoms with Crippen LogP contribution in [0.4, 0.5) is 13.2 Å². The standard InChI is InChI=1S/C13H12F3NO3/c14-13(15,16)11-6-8-5-7(1-3-10(8)20-11)9(17)2-4-12(18)19/h1,3,5-6,9H,2,4,17H2,(H,18,19). The first kappa shape index (κ1) is 14.4. The number of benzene rings is 1. The molecule has 108 valence electrons. The average Bonchev–Trinajstić information content (AvgIpc) is 2.78. The van der Waals surface area contributed by atoms with Crippen molar-refractivity contribution in [1.82, 2.24) is 0 Å². The fraction of sp³-hybridized carbons (Fsp3) is 0.308. The molecule has 20 heavy (non-hydrogen) atoms. The van der Waals surface area contributed by atoms with Crippen molar-refractivity contribution >= 4 is 16.9 Å². The zero-order valence-corrected chi connectivity index (χ0v) is 10.3. The van der Waals surface area contributed by atoms with Crippen LogP contribution in [0.15, 0.2) is 28.7 Å². The maximum Gasteiger partial charge on any atom is 0.449 e. The molecule has 0 aliphatic rings. The molecule has 1 atom stereocenters. The van der Waals surface area contributed by atoms with Gasteiger partial charge in [-0.3, -0.25) is 4.79 Å². The third-order valence-corrected chi connectivity index (χ3v) is 2.92. The first-order valence-electron chi connectivity index (χ1n) is 5.85. The molecular formula is C13H12F3NO3. The van der Waals surface area contributed by atoms with Gasteiger partial charge in [0.1, 0.15) is 5.58 Å². The molecular weight excluding hydrogens is 275 g/mol. The number of nitrogens with two attached hydrogens (primary N) is 1. The molecule has 0 bridgehead atoms. The Labute approximate surface area is 112 Å². The summed E-state index contributed by atoms with van der Waals surface area (Å²) in [5.74, 6) is -2.03. The summed E-state index contributed by atoms with van der Waals surface area (Å²) in [7, 11) is 0. The van der Waals surface area contributed by atoms with Gasteiger partial charge in [-0.25, -0.2) is 0 Å². The molecule has 1 unspecified atom stereocenters. The van der Waals surface area contributed by atoms with E-state index >= 15 is 0 Å². The van der Waals surface area contributed by atoms with E-state index in [1.54, 1.807) is 6.07 Å². The van der Waals surface area contributed by atoms with Crippen LogP contribution >= 0.6 is 0 Å². The number of furan rings is 1. The van der Waals surface area contributed by atoms with Crippen molar-refractivity contribution in [3.05, 3.63) is 35.6 Å². The monoisotopic (exact) mass is 287 g/mol. The number of fused-ring (bicyclic) bond motifs is 1. The maximum atomic E-state index is 12.5. The molecule has 0 amide bonds. The van der Waals surface area contributed by atoms with Crippen molar-refractivity contribution in [3.63, 3.8) is 0 Å². The maximum absolute atomic E-state index is 12.5. The highest BCUT2D eigenvalue weighted by atomic mass is 19.4. The molecule has 4 nitrogen and oxygen atoms in total. The second kappa shape index (κ2) is 5.16. The van der Waals surface area contributed by atoms with Gasteiger partial charge in [0.05, 0.1) is 0 Å². The fourth-order valence-corrected chi connectivity index (χ4v) is 1.88. The number of carbonyl (C=O) groups is 1. The fourth-order valence-electron chi connectivity index (χ4n) is 1.88. The first-order chi connectivity index (χ1) is 9.27. The van der Waals surface area contributed by atoms with Crippen molar-refractivity contribution in [2.24, 2.45) is 5.73 Å². The van der Waals surface area contributed by atoms with Gasteiger partial charge in [-0.05, 0) is 30.2 Å². The van der Waals surface area contributed by atoms with Crippen LogP contribution < -0.4 is 5.73 Å². The van der Waals surface area contributed by atoms with Gasteiger partial charge in [0, 0.05) is 17.8 Å². The Kier molecular flexibility index (Phi) is 3.71. The first-order valence-corrected chi connectivity index (χ1v) is 5.85. The lowest BCUT2D eigenvalue weighted by molar-refractivity contribution is -0.152. The Hall–Kier alpha value is -2.02. The predicted octanol–water partition coefficient (Wildman–Crippen LogP) is 3.32. The molecule has 0 radical (unpaired) electrons. The van der Waals surface area contributed by atoms with E-state index in [9.17, 15) is 18.0 Å². The van der Waals surface area contributed by atoms with Gasteiger partial charge >= 0.3 is 12.1 Å². The summed E-state index contributed by atoms with van der Waals surface area (Å²) in [6, 6.07) is 4.79. The van der Waals surface area contributed by atoms with Crippen LogP contribution in [-0.4, -0.2) is 11.1 Å². The average molecular weight is 287 g/mol. The van der Waals surface area contributed by atoms with Crippen LogP contribution in [0.5, 0.6) is 0 Å². The molecule has 3 N–H and O–H groups in total. The van der Waals surface area contributed by atoms with Gasteiger partial charge in [-0.1, -0.05) is 6.07 Å². The minimum Gasteiger partial charge on any atom is -0.481 e. The highest BCUT2D eigenvalue weighted by Gasteiger charge is 2.35. The highest BCUT2D eigenvalue weighted by molar-refractivity contribution is 5.79. The van der Waals surface area contributed by atoms with E-state index in [1.165, 1.54) is 12.1 Å². The van der Waals surface area contributed by atoms with Crippen molar-refractivity contribution in [2.45, 2.75) is 25.1 Å². The minimum atomic E-state index is -4.54. The SMILES string of the molecule is NC(CCC(=O)O)c1ccc2oc(C(F)(F)F)cc2c1. The van der Waals surface area contributed by atoms with Gasteiger partial charge in [0.15, 0.2) is 0 Å². The summed E-state index contributed by atoms with van der Waals surface area (Å²) < 4.78 is 42.2. The van der Waals surface area contributed by atoms with E-state index in [-0.39, 0.29) is 18.4 Å². The molecule has 0 saturated carbocycles. The largest absolute Gasteiger partial charge is 0.481 e. The van der Waals surface area contributed by atoms with Crippen LogP contribution in [0.1, 0.15) is 30.2 Å². The molecule has 0 saturated heterocycles. The third kappa shape index (κ3) is 3.11. The van der Waals surface area contributed by atoms with Crippen molar-refractivity contribution in [2.75, 3.05) is 0 Å². The Morgan fingerprint density at radius 2 is 2.05 bits per heavy atom. The quantitative estimate of drug-likeness (QED) is 0.904. The molecule has 1 aromatic heterocycles. The van der Waals surface area contributed by atoms with E-state index < -0.39 is 23.9 Å². The second-order valence-electron chi connectivity index (χ2n) is 4.44. The molecule has 0 spiro atoms. The summed E-state index contributed by atoms with van der Waals surface area (Å²) in [5, 5.41) is 8.87. The zero-order valence-electron chi connectivity index (χ0n) is 10.3. The number of hydrogen-bond acceptors (Lipinski definition) is 3. The van der Waals surface area contributed by atoms with E-state index in [0.717, 1.165) is 6.07 Å². The predicted molar refractivity (Wildman–Crippen MR) is 65.0 cm³/mol. The summed E-state index contributed by atoms with van der Waals surface area (Å²) in [6.45, 7) is 0. The van der Waals surface area contributed by atoms with Gasteiger partial charge in [-0.15, -0.1) is 0 Å². The topological polar surface area (TPSA) is 76.5 Å². The minimum absolute atomic E-state index is 0.0988. The molecule has 7 heteroatoms. The van der Waals surface area contributed by atoms with E-state index in [2.05, 4.69) is 0 Å². The molecule has 2 rings (SSSR count). The Morgan fingerprint density at radius 1 is 1.35 bits per heavy atom. The number of hydrogen-bond donors (Lipinski definition) is 2. The van der Waals surface area contributed by atoms with Crippen LogP contribution in [0.3, 0.4) is 0 Å². The Bertz CT molecular complexity index is 633. The van der Waals surface area contributed by atoms with Crippen LogP contribution in [0.25, 0.3) is 11.0 Å². The number of halogens is 3. The van der Waals surface area contributed by atoms with Gasteiger partial charge in [0.25, 0.3) is 0 Å². The highest BCUT2D eigenvalue weighted by Crippen LogP contribution is 2.34. The van der Waals surface area contributed by atoms with Crippen molar-refractivity contribution in [1.29, 1.82) is 0 Å². The molecule has 1 heterocycles. The third-order valence-electron chi connectivity index (χ3n) is 2.92. The van der Waals surface area contributed by atoms with E-state index in [4.69, 9.17) is 15.3 Å². The number of carboxylic acids is 1. The summed E-state index contributed by atoms with van der Waals surface area (Å²) >= 11 is 0. The number of alkyl halides is 3. The second-order valence-corrected chi connectivity index (χ2v) is 4.44. The summed E-state index contributed by atoms with van der Waals surface area (Å²) in [5.41, 5.74) is 6.50. The van der Waals surface area contributed by atoms with Crippen molar-refractivity contribution in [3.8, 4) is 0 Å². The zero-order chi connectivity index (χ0) is 14.9. The lowest BCUT2D eigenvalue weighted by atomic mass is 10.0. The van der Waals surface area contributed by atoms with E-state index in [1.807, 2.05) is 0 Å². The van der Waals surface area contributed by atoms with E-state index in [0.29, 0.717) is 10.9 Å². The summed E-state index contributed by atoms with van der Waals surface area (Å²) in [4.78, 5) is 10.5. The normalized spacial score (nSPS) is 13.6. The Balaban J connectivity index is 2.27. The number of carboxylic acid groups (broad SMARTS) is 1. The van der Waals surface area contributed by atoms with Crippen LogP contribution in [0.2, 0.25) is 0 Å². The van der Waals surface area contributed by atoms with Gasteiger partial charge in [0.2, 0.25) is 5.76 Å². The lowest BCUT2D eigenvalue weighted by Crippen LogP contribution is -2.12. The van der Waals surface area contributed by atoms with Crippen molar-refractivity contribution < 1.29 is 27.5 Å². The Morgan fingerprint density at radius 3 is 2.65 bits per heavy atom. The molecule has 0 fully saturated rings. The number of aliphatic carboxylic acids is 1. The number of rotatable bonds is 4. The molecule has 0 aliphatic carbocycles. The van der Waals surface area contributed by atoms with Gasteiger partial charge in [-0.2, -0.15) is 13.2 Å². The smallest absolute Gasteiger partial charge is 0.449 e. The molecule has 0 aliphatic heterocycles. The molecule has 2 aromatic rings.